The van der Waals surface area contributed by atoms with Crippen molar-refractivity contribution in [3.63, 3.8) is 0 Å². The van der Waals surface area contributed by atoms with Gasteiger partial charge in [-0.2, -0.15) is 0 Å². The number of thiazole rings is 1. The molecule has 23 heavy (non-hydrogen) atoms. The van der Waals surface area contributed by atoms with E-state index in [1.54, 1.807) is 21.0 Å². The van der Waals surface area contributed by atoms with Crippen LogP contribution in [0.2, 0.25) is 0 Å². The van der Waals surface area contributed by atoms with Crippen molar-refractivity contribution in [2.45, 2.75) is 33.0 Å². The Labute approximate surface area is 140 Å². The molecule has 2 rings (SSSR count). The number of anilines is 1. The SMILES string of the molecule is Cc1nc(NC(=O)CN2C[C@@H](C)O[C@H](C)C2)sc1C(=O)N(C)C. The van der Waals surface area contributed by atoms with Crippen molar-refractivity contribution in [1.29, 1.82) is 0 Å². The van der Waals surface area contributed by atoms with Crippen LogP contribution in [-0.2, 0) is 9.53 Å². The molecule has 0 unspecified atom stereocenters. The number of aromatic nitrogens is 1. The average Bonchev–Trinajstić information content (AvgIpc) is 2.76. The van der Waals surface area contributed by atoms with Gasteiger partial charge in [-0.25, -0.2) is 4.98 Å². The number of nitrogens with one attached hydrogen (secondary N) is 1. The maximum atomic E-state index is 12.2. The summed E-state index contributed by atoms with van der Waals surface area (Å²) in [6, 6.07) is 0. The highest BCUT2D eigenvalue weighted by Gasteiger charge is 2.24. The van der Waals surface area contributed by atoms with E-state index >= 15 is 0 Å². The van der Waals surface area contributed by atoms with Gasteiger partial charge in [0, 0.05) is 27.2 Å². The van der Waals surface area contributed by atoms with E-state index in [0.29, 0.717) is 22.2 Å². The van der Waals surface area contributed by atoms with E-state index in [1.165, 1.54) is 16.2 Å². The van der Waals surface area contributed by atoms with Gasteiger partial charge in [-0.1, -0.05) is 11.3 Å². The molecule has 0 radical (unpaired) electrons. The van der Waals surface area contributed by atoms with Gasteiger partial charge in [-0.15, -0.1) is 0 Å². The Hall–Kier alpha value is -1.51. The Morgan fingerprint density at radius 2 is 1.96 bits per heavy atom. The van der Waals surface area contributed by atoms with Gasteiger partial charge in [-0.3, -0.25) is 14.5 Å². The molecule has 0 aromatic carbocycles. The van der Waals surface area contributed by atoms with E-state index in [4.69, 9.17) is 4.74 Å². The number of aryl methyl sites for hydroxylation is 1. The van der Waals surface area contributed by atoms with E-state index in [-0.39, 0.29) is 24.0 Å². The smallest absolute Gasteiger partial charge is 0.265 e. The zero-order valence-corrected chi connectivity index (χ0v) is 15.1. The molecular formula is C15H24N4O3S. The van der Waals surface area contributed by atoms with Crippen LogP contribution >= 0.6 is 11.3 Å². The number of morpholine rings is 1. The summed E-state index contributed by atoms with van der Waals surface area (Å²) in [6.45, 7) is 7.55. The van der Waals surface area contributed by atoms with Crippen LogP contribution in [0, 0.1) is 6.92 Å². The third-order valence-electron chi connectivity index (χ3n) is 3.51. The topological polar surface area (TPSA) is 74.8 Å². The summed E-state index contributed by atoms with van der Waals surface area (Å²) < 4.78 is 5.66. The first-order valence-electron chi connectivity index (χ1n) is 7.63. The van der Waals surface area contributed by atoms with Crippen LogP contribution in [0.15, 0.2) is 0 Å². The average molecular weight is 340 g/mol. The van der Waals surface area contributed by atoms with Gasteiger partial charge in [0.25, 0.3) is 5.91 Å². The monoisotopic (exact) mass is 340 g/mol. The van der Waals surface area contributed by atoms with E-state index in [0.717, 1.165) is 13.1 Å². The molecule has 128 valence electrons. The lowest BCUT2D eigenvalue weighted by atomic mass is 10.2. The zero-order chi connectivity index (χ0) is 17.1. The first kappa shape index (κ1) is 17.8. The van der Waals surface area contributed by atoms with Crippen molar-refractivity contribution in [2.75, 3.05) is 39.0 Å². The van der Waals surface area contributed by atoms with Crippen molar-refractivity contribution in [3.8, 4) is 0 Å². The summed E-state index contributed by atoms with van der Waals surface area (Å²) in [7, 11) is 3.39. The van der Waals surface area contributed by atoms with Crippen molar-refractivity contribution >= 4 is 28.3 Å². The molecule has 1 fully saturated rings. The van der Waals surface area contributed by atoms with Crippen molar-refractivity contribution in [1.82, 2.24) is 14.8 Å². The third kappa shape index (κ3) is 4.73. The largest absolute Gasteiger partial charge is 0.373 e. The molecule has 1 aromatic heterocycles. The summed E-state index contributed by atoms with van der Waals surface area (Å²) in [5.74, 6) is -0.222. The van der Waals surface area contributed by atoms with Crippen LogP contribution in [0.3, 0.4) is 0 Å². The molecule has 0 aliphatic carbocycles. The summed E-state index contributed by atoms with van der Waals surface area (Å²) >= 11 is 1.21. The predicted molar refractivity (Wildman–Crippen MR) is 89.9 cm³/mol. The van der Waals surface area contributed by atoms with Gasteiger partial charge in [0.2, 0.25) is 5.91 Å². The third-order valence-corrected chi connectivity index (χ3v) is 4.57. The molecule has 2 atom stereocenters. The highest BCUT2D eigenvalue weighted by molar-refractivity contribution is 7.17. The van der Waals surface area contributed by atoms with Crippen molar-refractivity contribution < 1.29 is 14.3 Å². The van der Waals surface area contributed by atoms with Crippen molar-refractivity contribution in [3.05, 3.63) is 10.6 Å². The maximum absolute atomic E-state index is 12.2. The van der Waals surface area contributed by atoms with Crippen LogP contribution in [-0.4, -0.2) is 72.5 Å². The minimum absolute atomic E-state index is 0.101. The van der Waals surface area contributed by atoms with Gasteiger partial charge >= 0.3 is 0 Å². The Morgan fingerprint density at radius 3 is 2.52 bits per heavy atom. The van der Waals surface area contributed by atoms with E-state index < -0.39 is 0 Å². The molecule has 0 saturated carbocycles. The second-order valence-corrected chi connectivity index (χ2v) is 7.13. The van der Waals surface area contributed by atoms with Crippen LogP contribution in [0.5, 0.6) is 0 Å². The fraction of sp³-hybridized carbons (Fsp3) is 0.667. The van der Waals surface area contributed by atoms with Gasteiger partial charge < -0.3 is 15.0 Å². The lowest BCUT2D eigenvalue weighted by Crippen LogP contribution is -2.48. The van der Waals surface area contributed by atoms with Gasteiger partial charge in [0.05, 0.1) is 24.4 Å². The normalized spacial score (nSPS) is 22.0. The molecule has 2 amide bonds. The number of carbonyl (C=O) groups is 2. The Bertz CT molecular complexity index is 577. The number of amides is 2. The second-order valence-electron chi connectivity index (χ2n) is 6.13. The molecule has 1 aromatic rings. The fourth-order valence-electron chi connectivity index (χ4n) is 2.63. The number of ether oxygens (including phenoxy) is 1. The molecule has 1 saturated heterocycles. The van der Waals surface area contributed by atoms with Gasteiger partial charge in [0.1, 0.15) is 4.88 Å². The molecule has 0 spiro atoms. The first-order chi connectivity index (χ1) is 10.8. The summed E-state index contributed by atoms with van der Waals surface area (Å²) in [6.07, 6.45) is 0.246. The molecule has 8 heteroatoms. The minimum atomic E-state index is -0.121. The maximum Gasteiger partial charge on any atom is 0.265 e. The predicted octanol–water partition coefficient (Wildman–Crippen LogP) is 1.20. The van der Waals surface area contributed by atoms with E-state index in [9.17, 15) is 9.59 Å². The number of hydrogen-bond acceptors (Lipinski definition) is 6. The fourth-order valence-corrected chi connectivity index (χ4v) is 3.63. The lowest BCUT2D eigenvalue weighted by molar-refractivity contribution is -0.121. The van der Waals surface area contributed by atoms with Gasteiger partial charge in [0.15, 0.2) is 5.13 Å². The van der Waals surface area contributed by atoms with E-state index in [1.807, 2.05) is 13.8 Å². The molecule has 1 N–H and O–H groups in total. The van der Waals surface area contributed by atoms with Crippen LogP contribution in [0.4, 0.5) is 5.13 Å². The van der Waals surface area contributed by atoms with Crippen LogP contribution in [0.25, 0.3) is 0 Å². The van der Waals surface area contributed by atoms with Gasteiger partial charge in [-0.05, 0) is 20.8 Å². The summed E-state index contributed by atoms with van der Waals surface area (Å²) in [4.78, 5) is 32.6. The summed E-state index contributed by atoms with van der Waals surface area (Å²) in [5, 5.41) is 3.25. The Balaban J connectivity index is 1.95. The second kappa shape index (κ2) is 7.37. The number of carbonyl (C=O) groups excluding carboxylic acids is 2. The highest BCUT2D eigenvalue weighted by atomic mass is 32.1. The van der Waals surface area contributed by atoms with Crippen LogP contribution in [0.1, 0.15) is 29.2 Å². The zero-order valence-electron chi connectivity index (χ0n) is 14.3. The lowest BCUT2D eigenvalue weighted by Gasteiger charge is -2.34. The van der Waals surface area contributed by atoms with Crippen LogP contribution < -0.4 is 5.32 Å². The molecule has 1 aliphatic heterocycles. The quantitative estimate of drug-likeness (QED) is 0.891. The Kier molecular flexibility index (Phi) is 5.72. The number of hydrogen-bond donors (Lipinski definition) is 1. The minimum Gasteiger partial charge on any atom is -0.373 e. The number of nitrogens with zero attached hydrogens (tertiary/aromatic N) is 3. The molecule has 2 heterocycles. The number of rotatable bonds is 4. The highest BCUT2D eigenvalue weighted by Crippen LogP contribution is 2.23. The molecule has 0 bridgehead atoms. The molecular weight excluding hydrogens is 316 g/mol. The standard InChI is InChI=1S/C15H24N4O3S/c1-9-6-19(7-10(2)22-9)8-12(20)17-15-16-11(3)13(23-15)14(21)18(4)5/h9-10H,6-8H2,1-5H3,(H,16,17,20)/t9-,10-/m1/s1. The van der Waals surface area contributed by atoms with E-state index in [2.05, 4.69) is 15.2 Å². The molecule has 1 aliphatic rings. The van der Waals surface area contributed by atoms with Crippen molar-refractivity contribution in [2.24, 2.45) is 0 Å². The Morgan fingerprint density at radius 1 is 1.35 bits per heavy atom. The summed E-state index contributed by atoms with van der Waals surface area (Å²) in [5.41, 5.74) is 0.637. The molecule has 7 nitrogen and oxygen atoms in total. The first-order valence-corrected chi connectivity index (χ1v) is 8.44.